The van der Waals surface area contributed by atoms with E-state index in [9.17, 15) is 0 Å². The molecule has 0 saturated heterocycles. The molecule has 0 aliphatic heterocycles. The maximum atomic E-state index is 4.81. The largest absolute Gasteiger partial charge is 0.505 e. The summed E-state index contributed by atoms with van der Waals surface area (Å²) in [5.74, 6) is 0.667. The number of methoxy groups -OCH3 is 1. The fourth-order valence-electron chi connectivity index (χ4n) is 0.835. The highest BCUT2D eigenvalue weighted by molar-refractivity contribution is 4.79. The maximum absolute atomic E-state index is 4.81. The summed E-state index contributed by atoms with van der Waals surface area (Å²) in [7, 11) is 1.68. The van der Waals surface area contributed by atoms with Gasteiger partial charge in [0.2, 0.25) is 0 Å². The van der Waals surface area contributed by atoms with E-state index in [2.05, 4.69) is 19.9 Å². The molecule has 1 unspecified atom stereocenters. The molecule has 0 aromatic rings. The Balaban J connectivity index is 3.24. The third-order valence-electron chi connectivity index (χ3n) is 1.56. The Labute approximate surface area is 64.1 Å². The summed E-state index contributed by atoms with van der Waals surface area (Å²) in [6.45, 7) is 4.43. The molecule has 60 valence electrons. The summed E-state index contributed by atoms with van der Waals surface area (Å²) in [5, 5.41) is 0. The van der Waals surface area contributed by atoms with E-state index < -0.39 is 0 Å². The monoisotopic (exact) mass is 142 g/mol. The lowest BCUT2D eigenvalue weighted by Crippen LogP contribution is -1.88. The highest BCUT2D eigenvalue weighted by Crippen LogP contribution is 2.08. The molecule has 0 aromatic carbocycles. The van der Waals surface area contributed by atoms with E-state index in [4.69, 9.17) is 4.74 Å². The summed E-state index contributed by atoms with van der Waals surface area (Å²) in [6.07, 6.45) is 7.74. The van der Waals surface area contributed by atoms with Gasteiger partial charge in [0, 0.05) is 0 Å². The first-order valence-corrected chi connectivity index (χ1v) is 4.00. The normalized spacial score (nSPS) is 13.9. The second-order valence-electron chi connectivity index (χ2n) is 2.68. The van der Waals surface area contributed by atoms with Crippen molar-refractivity contribution in [1.82, 2.24) is 0 Å². The van der Waals surface area contributed by atoms with Crippen LogP contribution in [0.5, 0.6) is 0 Å². The van der Waals surface area contributed by atoms with Gasteiger partial charge in [-0.2, -0.15) is 0 Å². The van der Waals surface area contributed by atoms with Crippen LogP contribution in [0.15, 0.2) is 12.3 Å². The Hall–Kier alpha value is -0.460. The van der Waals surface area contributed by atoms with Gasteiger partial charge in [-0.3, -0.25) is 0 Å². The summed E-state index contributed by atoms with van der Waals surface area (Å²) in [6, 6.07) is 0. The van der Waals surface area contributed by atoms with Gasteiger partial charge in [-0.15, -0.1) is 0 Å². The van der Waals surface area contributed by atoms with Gasteiger partial charge in [0.1, 0.15) is 0 Å². The van der Waals surface area contributed by atoms with Crippen LogP contribution in [-0.4, -0.2) is 7.11 Å². The molecule has 0 aliphatic carbocycles. The van der Waals surface area contributed by atoms with Crippen molar-refractivity contribution in [3.63, 3.8) is 0 Å². The molecule has 10 heavy (non-hydrogen) atoms. The molecule has 0 spiro atoms. The average Bonchev–Trinajstić information content (AvgIpc) is 1.97. The van der Waals surface area contributed by atoms with Crippen molar-refractivity contribution < 1.29 is 4.74 Å². The van der Waals surface area contributed by atoms with Crippen LogP contribution in [-0.2, 0) is 4.74 Å². The molecule has 0 fully saturated rings. The lowest BCUT2D eigenvalue weighted by atomic mass is 10.1. The van der Waals surface area contributed by atoms with E-state index in [0.29, 0.717) is 5.92 Å². The molecule has 0 aromatic heterocycles. The van der Waals surface area contributed by atoms with Crippen LogP contribution in [0.4, 0.5) is 0 Å². The minimum absolute atomic E-state index is 0.667. The van der Waals surface area contributed by atoms with Gasteiger partial charge in [0.25, 0.3) is 0 Å². The van der Waals surface area contributed by atoms with Gasteiger partial charge in [-0.25, -0.2) is 0 Å². The zero-order chi connectivity index (χ0) is 7.82. The number of hydrogen-bond acceptors (Lipinski definition) is 1. The fraction of sp³-hybridized carbons (Fsp3) is 0.778. The summed E-state index contributed by atoms with van der Waals surface area (Å²) >= 11 is 0. The zero-order valence-corrected chi connectivity index (χ0v) is 7.26. The number of unbranched alkanes of at least 4 members (excludes halogenated alkanes) is 1. The van der Waals surface area contributed by atoms with Crippen LogP contribution in [0.3, 0.4) is 0 Å². The number of ether oxygens (including phenoxy) is 1. The third kappa shape index (κ3) is 5.67. The second kappa shape index (κ2) is 6.66. The molecule has 0 aliphatic rings. The van der Waals surface area contributed by atoms with Crippen molar-refractivity contribution in [2.45, 2.75) is 33.1 Å². The molecule has 0 rings (SSSR count). The highest BCUT2D eigenvalue weighted by atomic mass is 16.5. The smallest absolute Gasteiger partial charge is 0.0787 e. The molecule has 0 radical (unpaired) electrons. The minimum Gasteiger partial charge on any atom is -0.505 e. The highest BCUT2D eigenvalue weighted by Gasteiger charge is 1.93. The molecule has 1 heteroatoms. The van der Waals surface area contributed by atoms with Crippen molar-refractivity contribution >= 4 is 0 Å². The van der Waals surface area contributed by atoms with Crippen LogP contribution < -0.4 is 0 Å². The SMILES string of the molecule is CCCCC(C)/C=C\OC. The van der Waals surface area contributed by atoms with E-state index in [-0.39, 0.29) is 0 Å². The average molecular weight is 142 g/mol. The van der Waals surface area contributed by atoms with E-state index in [1.807, 2.05) is 0 Å². The standard InChI is InChI=1S/C9H18O/c1-4-5-6-9(2)7-8-10-3/h7-9H,4-6H2,1-3H3/b8-7-. The first-order chi connectivity index (χ1) is 4.81. The Morgan fingerprint density at radius 2 is 2.20 bits per heavy atom. The summed E-state index contributed by atoms with van der Waals surface area (Å²) in [4.78, 5) is 0. The molecule has 0 N–H and O–H groups in total. The maximum Gasteiger partial charge on any atom is 0.0787 e. The first-order valence-electron chi connectivity index (χ1n) is 4.00. The minimum atomic E-state index is 0.667. The number of hydrogen-bond donors (Lipinski definition) is 0. The van der Waals surface area contributed by atoms with Crippen LogP contribution in [0.2, 0.25) is 0 Å². The topological polar surface area (TPSA) is 9.23 Å². The van der Waals surface area contributed by atoms with Gasteiger partial charge in [-0.05, 0) is 18.4 Å². The Bertz CT molecular complexity index is 86.7. The lowest BCUT2D eigenvalue weighted by molar-refractivity contribution is 0.333. The van der Waals surface area contributed by atoms with Gasteiger partial charge >= 0.3 is 0 Å². The third-order valence-corrected chi connectivity index (χ3v) is 1.56. The quantitative estimate of drug-likeness (QED) is 0.536. The van der Waals surface area contributed by atoms with E-state index in [1.54, 1.807) is 13.4 Å². The van der Waals surface area contributed by atoms with Crippen LogP contribution in [0.25, 0.3) is 0 Å². The van der Waals surface area contributed by atoms with Gasteiger partial charge in [-0.1, -0.05) is 26.7 Å². The molecular weight excluding hydrogens is 124 g/mol. The summed E-state index contributed by atoms with van der Waals surface area (Å²) < 4.78 is 4.81. The second-order valence-corrected chi connectivity index (χ2v) is 2.68. The van der Waals surface area contributed by atoms with Crippen LogP contribution >= 0.6 is 0 Å². The number of rotatable bonds is 5. The van der Waals surface area contributed by atoms with Crippen LogP contribution in [0.1, 0.15) is 33.1 Å². The molecule has 1 atom stereocenters. The van der Waals surface area contributed by atoms with Crippen molar-refractivity contribution in [3.8, 4) is 0 Å². The van der Waals surface area contributed by atoms with Gasteiger partial charge in [0.15, 0.2) is 0 Å². The Kier molecular flexibility index (Phi) is 6.35. The Morgan fingerprint density at radius 1 is 1.50 bits per heavy atom. The predicted molar refractivity (Wildman–Crippen MR) is 44.8 cm³/mol. The predicted octanol–water partition coefficient (Wildman–Crippen LogP) is 2.97. The Morgan fingerprint density at radius 3 is 2.70 bits per heavy atom. The molecule has 1 nitrogen and oxygen atoms in total. The van der Waals surface area contributed by atoms with Gasteiger partial charge in [0.05, 0.1) is 13.4 Å². The van der Waals surface area contributed by atoms with E-state index in [0.717, 1.165) is 0 Å². The molecule has 0 heterocycles. The van der Waals surface area contributed by atoms with E-state index in [1.165, 1.54) is 19.3 Å². The molecular formula is C9H18O. The zero-order valence-electron chi connectivity index (χ0n) is 7.26. The van der Waals surface area contributed by atoms with Crippen molar-refractivity contribution in [1.29, 1.82) is 0 Å². The fourth-order valence-corrected chi connectivity index (χ4v) is 0.835. The van der Waals surface area contributed by atoms with Crippen molar-refractivity contribution in [2.24, 2.45) is 5.92 Å². The van der Waals surface area contributed by atoms with Gasteiger partial charge < -0.3 is 4.74 Å². The molecule has 0 amide bonds. The molecule has 0 bridgehead atoms. The van der Waals surface area contributed by atoms with Crippen molar-refractivity contribution in [3.05, 3.63) is 12.3 Å². The first kappa shape index (κ1) is 9.54. The molecule has 0 saturated carbocycles. The van der Waals surface area contributed by atoms with E-state index >= 15 is 0 Å². The van der Waals surface area contributed by atoms with Crippen molar-refractivity contribution in [2.75, 3.05) is 7.11 Å². The van der Waals surface area contributed by atoms with Crippen LogP contribution in [0, 0.1) is 5.92 Å². The summed E-state index contributed by atoms with van der Waals surface area (Å²) in [5.41, 5.74) is 0. The number of allylic oxidation sites excluding steroid dienone is 1. The lowest BCUT2D eigenvalue weighted by Gasteiger charge is -2.02.